The van der Waals surface area contributed by atoms with Crippen LogP contribution in [0.3, 0.4) is 0 Å². The number of ether oxygens (including phenoxy) is 1. The molecule has 0 saturated heterocycles. The van der Waals surface area contributed by atoms with Crippen molar-refractivity contribution < 1.29 is 4.74 Å². The Morgan fingerprint density at radius 1 is 1.50 bits per heavy atom. The lowest BCUT2D eigenvalue weighted by Gasteiger charge is -2.07. The minimum atomic E-state index is 0.556. The van der Waals surface area contributed by atoms with Crippen molar-refractivity contribution in [3.63, 3.8) is 0 Å². The summed E-state index contributed by atoms with van der Waals surface area (Å²) in [6, 6.07) is 7.85. The second-order valence-electron chi connectivity index (χ2n) is 3.39. The van der Waals surface area contributed by atoms with Crippen molar-refractivity contribution in [1.82, 2.24) is 0 Å². The number of thioether (sulfide) groups is 1. The normalized spacial score (nSPS) is 19.4. The number of hydrogen-bond donors (Lipinski definition) is 1. The highest BCUT2D eigenvalue weighted by atomic mass is 79.9. The summed E-state index contributed by atoms with van der Waals surface area (Å²) in [5, 5.41) is 5.83. The van der Waals surface area contributed by atoms with Crippen LogP contribution in [-0.4, -0.2) is 29.4 Å². The van der Waals surface area contributed by atoms with Gasteiger partial charge in [0.1, 0.15) is 5.75 Å². The number of amidine groups is 1. The number of halogens is 1. The van der Waals surface area contributed by atoms with Gasteiger partial charge in [-0.2, -0.15) is 0 Å². The molecule has 0 radical (unpaired) electrons. The molecule has 0 unspecified atom stereocenters. The van der Waals surface area contributed by atoms with E-state index in [4.69, 9.17) is 4.74 Å². The number of rotatable bonds is 3. The first-order chi connectivity index (χ1) is 7.81. The predicted molar refractivity (Wildman–Crippen MR) is 74.1 cm³/mol. The van der Waals surface area contributed by atoms with Gasteiger partial charge in [-0.25, -0.2) is 0 Å². The van der Waals surface area contributed by atoms with E-state index in [9.17, 15) is 0 Å². The zero-order chi connectivity index (χ0) is 11.4. The Kier molecular flexibility index (Phi) is 4.12. The lowest BCUT2D eigenvalue weighted by Crippen LogP contribution is -2.08. The summed E-state index contributed by atoms with van der Waals surface area (Å²) in [5.41, 5.74) is 1.04. The van der Waals surface area contributed by atoms with Crippen molar-refractivity contribution in [2.45, 2.75) is 5.25 Å². The average molecular weight is 301 g/mol. The van der Waals surface area contributed by atoms with Crippen molar-refractivity contribution in [1.29, 1.82) is 0 Å². The Labute approximate surface area is 108 Å². The molecule has 1 atom stereocenters. The van der Waals surface area contributed by atoms with Crippen molar-refractivity contribution >= 4 is 38.5 Å². The number of benzene rings is 1. The largest absolute Gasteiger partial charge is 0.497 e. The smallest absolute Gasteiger partial charge is 0.161 e. The molecule has 1 aliphatic rings. The third-order valence-electron chi connectivity index (χ3n) is 2.23. The van der Waals surface area contributed by atoms with Gasteiger partial charge in [0.05, 0.1) is 13.7 Å². The summed E-state index contributed by atoms with van der Waals surface area (Å²) >= 11 is 5.25. The Bertz CT molecular complexity index is 380. The zero-order valence-electron chi connectivity index (χ0n) is 8.94. The maximum atomic E-state index is 5.10. The van der Waals surface area contributed by atoms with Crippen LogP contribution in [-0.2, 0) is 0 Å². The summed E-state index contributed by atoms with van der Waals surface area (Å²) in [4.78, 5) is 4.43. The fraction of sp³-hybridized carbons (Fsp3) is 0.364. The van der Waals surface area contributed by atoms with Gasteiger partial charge >= 0.3 is 0 Å². The molecule has 3 nitrogen and oxygen atoms in total. The summed E-state index contributed by atoms with van der Waals surface area (Å²) in [7, 11) is 1.67. The first-order valence-corrected chi connectivity index (χ1v) is 7.00. The maximum Gasteiger partial charge on any atom is 0.161 e. The first-order valence-electron chi connectivity index (χ1n) is 5.00. The van der Waals surface area contributed by atoms with E-state index in [2.05, 4.69) is 26.2 Å². The van der Waals surface area contributed by atoms with Gasteiger partial charge in [0.25, 0.3) is 0 Å². The fourth-order valence-corrected chi connectivity index (χ4v) is 2.82. The van der Waals surface area contributed by atoms with Gasteiger partial charge in [0.2, 0.25) is 0 Å². The second-order valence-corrected chi connectivity index (χ2v) is 5.33. The van der Waals surface area contributed by atoms with Crippen molar-refractivity contribution in [2.75, 3.05) is 24.3 Å². The SMILES string of the molecule is COc1ccc(NC2=NC[C@@H](CBr)S2)cc1. The quantitative estimate of drug-likeness (QED) is 0.872. The summed E-state index contributed by atoms with van der Waals surface area (Å²) < 4.78 is 5.10. The first kappa shape index (κ1) is 11.8. The number of methoxy groups -OCH3 is 1. The molecule has 0 aliphatic carbocycles. The topological polar surface area (TPSA) is 33.6 Å². The Morgan fingerprint density at radius 3 is 2.81 bits per heavy atom. The molecule has 0 bridgehead atoms. The Morgan fingerprint density at radius 2 is 2.25 bits per heavy atom. The zero-order valence-corrected chi connectivity index (χ0v) is 11.3. The van der Waals surface area contributed by atoms with Crippen LogP contribution in [0.1, 0.15) is 0 Å². The number of aliphatic imine (C=N–C) groups is 1. The minimum absolute atomic E-state index is 0.556. The predicted octanol–water partition coefficient (Wildman–Crippen LogP) is 2.97. The summed E-state index contributed by atoms with van der Waals surface area (Å²) in [5.74, 6) is 0.866. The molecule has 0 spiro atoms. The highest BCUT2D eigenvalue weighted by Crippen LogP contribution is 2.24. The van der Waals surface area contributed by atoms with E-state index in [-0.39, 0.29) is 0 Å². The standard InChI is InChI=1S/C11H13BrN2OS/c1-15-9-4-2-8(3-5-9)14-11-13-7-10(6-12)16-11/h2-5,10H,6-7H2,1H3,(H,13,14)/t10-/m1/s1. The molecule has 0 aromatic heterocycles. The van der Waals surface area contributed by atoms with Crippen LogP contribution in [0.4, 0.5) is 5.69 Å². The van der Waals surface area contributed by atoms with E-state index in [1.165, 1.54) is 0 Å². The van der Waals surface area contributed by atoms with E-state index in [0.29, 0.717) is 5.25 Å². The third kappa shape index (κ3) is 2.92. The van der Waals surface area contributed by atoms with Crippen LogP contribution in [0.5, 0.6) is 5.75 Å². The van der Waals surface area contributed by atoms with Crippen LogP contribution >= 0.6 is 27.7 Å². The van der Waals surface area contributed by atoms with Crippen LogP contribution in [0, 0.1) is 0 Å². The van der Waals surface area contributed by atoms with E-state index < -0.39 is 0 Å². The van der Waals surface area contributed by atoms with Gasteiger partial charge < -0.3 is 10.1 Å². The molecule has 0 saturated carbocycles. The van der Waals surface area contributed by atoms with Crippen LogP contribution < -0.4 is 10.1 Å². The molecule has 0 fully saturated rings. The number of nitrogens with one attached hydrogen (secondary N) is 1. The molecular weight excluding hydrogens is 288 g/mol. The Hall–Kier alpha value is -0.680. The van der Waals surface area contributed by atoms with Gasteiger partial charge in [-0.3, -0.25) is 4.99 Å². The summed E-state index contributed by atoms with van der Waals surface area (Å²) in [6.07, 6.45) is 0. The van der Waals surface area contributed by atoms with Gasteiger partial charge in [0, 0.05) is 16.3 Å². The Balaban J connectivity index is 1.94. The lowest BCUT2D eigenvalue weighted by atomic mass is 10.3. The van der Waals surface area contributed by atoms with Crippen molar-refractivity contribution in [3.05, 3.63) is 24.3 Å². The molecule has 1 N–H and O–H groups in total. The highest BCUT2D eigenvalue weighted by molar-refractivity contribution is 9.09. The third-order valence-corrected chi connectivity index (χ3v) is 4.54. The molecule has 1 aromatic carbocycles. The van der Waals surface area contributed by atoms with Crippen LogP contribution in [0.15, 0.2) is 29.3 Å². The second kappa shape index (κ2) is 5.59. The molecule has 1 heterocycles. The molecule has 1 aliphatic heterocycles. The molecule has 5 heteroatoms. The van der Waals surface area contributed by atoms with Crippen LogP contribution in [0.2, 0.25) is 0 Å². The fourth-order valence-electron chi connectivity index (χ4n) is 1.36. The molecular formula is C11H13BrN2OS. The molecule has 86 valence electrons. The minimum Gasteiger partial charge on any atom is -0.497 e. The lowest BCUT2D eigenvalue weighted by molar-refractivity contribution is 0.415. The van der Waals surface area contributed by atoms with Gasteiger partial charge in [-0.15, -0.1) is 0 Å². The number of hydrogen-bond acceptors (Lipinski definition) is 4. The highest BCUT2D eigenvalue weighted by Gasteiger charge is 2.18. The average Bonchev–Trinajstić information content (AvgIpc) is 2.78. The van der Waals surface area contributed by atoms with Crippen molar-refractivity contribution in [3.8, 4) is 5.75 Å². The summed E-state index contributed by atoms with van der Waals surface area (Å²) in [6.45, 7) is 0.883. The van der Waals surface area contributed by atoms with E-state index in [1.807, 2.05) is 24.3 Å². The van der Waals surface area contributed by atoms with Crippen LogP contribution in [0.25, 0.3) is 0 Å². The molecule has 0 amide bonds. The number of alkyl halides is 1. The maximum absolute atomic E-state index is 5.10. The van der Waals surface area contributed by atoms with E-state index in [0.717, 1.165) is 28.5 Å². The molecule has 2 rings (SSSR count). The van der Waals surface area contributed by atoms with Gasteiger partial charge in [-0.1, -0.05) is 27.7 Å². The van der Waals surface area contributed by atoms with Gasteiger partial charge in [0.15, 0.2) is 5.17 Å². The molecule has 1 aromatic rings. The van der Waals surface area contributed by atoms with Gasteiger partial charge in [-0.05, 0) is 24.3 Å². The van der Waals surface area contributed by atoms with Crippen molar-refractivity contribution in [2.24, 2.45) is 4.99 Å². The monoisotopic (exact) mass is 300 g/mol. The number of anilines is 1. The van der Waals surface area contributed by atoms with E-state index in [1.54, 1.807) is 18.9 Å². The number of nitrogens with zero attached hydrogens (tertiary/aromatic N) is 1. The molecule has 16 heavy (non-hydrogen) atoms. The van der Waals surface area contributed by atoms with E-state index >= 15 is 0 Å².